The Morgan fingerprint density at radius 2 is 2.06 bits per heavy atom. The Morgan fingerprint density at radius 1 is 1.39 bits per heavy atom. The van der Waals surface area contributed by atoms with Crippen molar-refractivity contribution in [3.8, 4) is 0 Å². The van der Waals surface area contributed by atoms with Crippen LogP contribution in [-0.2, 0) is 0 Å². The van der Waals surface area contributed by atoms with Crippen molar-refractivity contribution in [3.63, 3.8) is 0 Å². The zero-order chi connectivity index (χ0) is 13.7. The van der Waals surface area contributed by atoms with E-state index in [1.54, 1.807) is 19.9 Å². The maximum atomic E-state index is 12.1. The molecular weight excluding hydrogens is 230 g/mol. The van der Waals surface area contributed by atoms with Gasteiger partial charge in [-0.25, -0.2) is 0 Å². The van der Waals surface area contributed by atoms with Crippen molar-refractivity contribution in [2.75, 3.05) is 6.61 Å². The van der Waals surface area contributed by atoms with Crippen molar-refractivity contribution in [2.45, 2.75) is 40.2 Å². The van der Waals surface area contributed by atoms with E-state index in [-0.39, 0.29) is 18.6 Å². The molecular formula is C13H21N3O2. The molecule has 0 aliphatic carbocycles. The minimum atomic E-state index is -0.217. The van der Waals surface area contributed by atoms with Crippen molar-refractivity contribution in [1.82, 2.24) is 15.5 Å². The highest BCUT2D eigenvalue weighted by Gasteiger charge is 2.16. The first kappa shape index (κ1) is 14.6. The fourth-order valence-corrected chi connectivity index (χ4v) is 1.79. The van der Waals surface area contributed by atoms with E-state index in [0.717, 1.165) is 6.42 Å². The second-order valence-electron chi connectivity index (χ2n) is 4.97. The first-order valence-corrected chi connectivity index (χ1v) is 6.16. The van der Waals surface area contributed by atoms with Crippen LogP contribution < -0.4 is 5.32 Å². The molecule has 0 saturated carbocycles. The second kappa shape index (κ2) is 6.44. The summed E-state index contributed by atoms with van der Waals surface area (Å²) in [5.41, 5.74) is 1.82. The molecule has 1 aromatic rings. The van der Waals surface area contributed by atoms with Crippen LogP contribution >= 0.6 is 0 Å². The number of hydrogen-bond donors (Lipinski definition) is 2. The molecule has 0 aliphatic rings. The van der Waals surface area contributed by atoms with E-state index in [2.05, 4.69) is 29.4 Å². The third-order valence-electron chi connectivity index (χ3n) is 2.66. The van der Waals surface area contributed by atoms with Crippen LogP contribution in [0.5, 0.6) is 0 Å². The van der Waals surface area contributed by atoms with Gasteiger partial charge in [-0.1, -0.05) is 13.8 Å². The molecule has 1 amide bonds. The molecule has 0 bridgehead atoms. The fourth-order valence-electron chi connectivity index (χ4n) is 1.79. The molecule has 1 atom stereocenters. The zero-order valence-electron chi connectivity index (χ0n) is 11.4. The number of aryl methyl sites for hydroxylation is 2. The molecule has 1 unspecified atom stereocenters. The zero-order valence-corrected chi connectivity index (χ0v) is 11.4. The molecule has 0 aliphatic heterocycles. The van der Waals surface area contributed by atoms with Gasteiger partial charge in [-0.2, -0.15) is 10.2 Å². The molecule has 0 radical (unpaired) electrons. The molecule has 2 N–H and O–H groups in total. The molecule has 1 aromatic heterocycles. The number of nitrogens with one attached hydrogen (secondary N) is 1. The average Bonchev–Trinajstić information content (AvgIpc) is 2.30. The summed E-state index contributed by atoms with van der Waals surface area (Å²) >= 11 is 0. The second-order valence-corrected chi connectivity index (χ2v) is 4.97. The molecule has 0 saturated heterocycles. The topological polar surface area (TPSA) is 75.1 Å². The molecule has 0 aromatic carbocycles. The standard InChI is InChI=1S/C13H21N3O2/c1-8(2)5-11(7-17)14-13(18)12-6-9(3)15-16-10(12)4/h6,8,11,17H,5,7H2,1-4H3,(H,14,18). The summed E-state index contributed by atoms with van der Waals surface area (Å²) < 4.78 is 0. The number of nitrogens with zero attached hydrogens (tertiary/aromatic N) is 2. The Morgan fingerprint density at radius 3 is 2.61 bits per heavy atom. The van der Waals surface area contributed by atoms with E-state index >= 15 is 0 Å². The summed E-state index contributed by atoms with van der Waals surface area (Å²) in [6.45, 7) is 7.59. The van der Waals surface area contributed by atoms with E-state index in [9.17, 15) is 9.90 Å². The van der Waals surface area contributed by atoms with Crippen LogP contribution in [0.1, 0.15) is 42.0 Å². The quantitative estimate of drug-likeness (QED) is 0.825. The van der Waals surface area contributed by atoms with Crippen molar-refractivity contribution in [1.29, 1.82) is 0 Å². The van der Waals surface area contributed by atoms with Gasteiger partial charge in [-0.05, 0) is 32.3 Å². The van der Waals surface area contributed by atoms with E-state index < -0.39 is 0 Å². The van der Waals surface area contributed by atoms with Gasteiger partial charge in [0.05, 0.1) is 29.6 Å². The first-order chi connectivity index (χ1) is 8.43. The van der Waals surface area contributed by atoms with Crippen LogP contribution in [0.3, 0.4) is 0 Å². The lowest BCUT2D eigenvalue weighted by Gasteiger charge is -2.18. The number of aromatic nitrogens is 2. The van der Waals surface area contributed by atoms with E-state index in [1.165, 1.54) is 0 Å². The van der Waals surface area contributed by atoms with E-state index in [1.807, 2.05) is 0 Å². The summed E-state index contributed by atoms with van der Waals surface area (Å²) in [6.07, 6.45) is 0.749. The van der Waals surface area contributed by atoms with Crippen molar-refractivity contribution < 1.29 is 9.90 Å². The first-order valence-electron chi connectivity index (χ1n) is 6.16. The van der Waals surface area contributed by atoms with Gasteiger partial charge >= 0.3 is 0 Å². The lowest BCUT2D eigenvalue weighted by Crippen LogP contribution is -2.38. The number of aliphatic hydroxyl groups is 1. The summed E-state index contributed by atoms with van der Waals surface area (Å²) in [4.78, 5) is 12.1. The van der Waals surface area contributed by atoms with Crippen LogP contribution in [0.4, 0.5) is 0 Å². The number of carbonyl (C=O) groups excluding carboxylic acids is 1. The number of rotatable bonds is 5. The van der Waals surface area contributed by atoms with Crippen molar-refractivity contribution in [3.05, 3.63) is 23.0 Å². The van der Waals surface area contributed by atoms with E-state index in [4.69, 9.17) is 0 Å². The van der Waals surface area contributed by atoms with Gasteiger partial charge in [0.15, 0.2) is 0 Å². The van der Waals surface area contributed by atoms with Crippen LogP contribution in [0.15, 0.2) is 6.07 Å². The summed E-state index contributed by atoms with van der Waals surface area (Å²) in [6, 6.07) is 1.49. The Bertz CT molecular complexity index is 419. The van der Waals surface area contributed by atoms with Crippen LogP contribution in [0.25, 0.3) is 0 Å². The maximum Gasteiger partial charge on any atom is 0.253 e. The third-order valence-corrected chi connectivity index (χ3v) is 2.66. The highest BCUT2D eigenvalue weighted by Crippen LogP contribution is 2.08. The number of carbonyl (C=O) groups is 1. The molecule has 1 heterocycles. The van der Waals surface area contributed by atoms with Gasteiger partial charge in [0.2, 0.25) is 0 Å². The summed E-state index contributed by atoms with van der Waals surface area (Å²) in [5.74, 6) is 0.214. The predicted octanol–water partition coefficient (Wildman–Crippen LogP) is 1.23. The van der Waals surface area contributed by atoms with Gasteiger partial charge in [-0.15, -0.1) is 0 Å². The molecule has 5 nitrogen and oxygen atoms in total. The van der Waals surface area contributed by atoms with Gasteiger partial charge in [-0.3, -0.25) is 4.79 Å². The third kappa shape index (κ3) is 4.07. The highest BCUT2D eigenvalue weighted by atomic mass is 16.3. The molecule has 0 spiro atoms. The van der Waals surface area contributed by atoms with Crippen LogP contribution in [-0.4, -0.2) is 33.9 Å². The largest absolute Gasteiger partial charge is 0.394 e. The number of hydrogen-bond acceptors (Lipinski definition) is 4. The lowest BCUT2D eigenvalue weighted by molar-refractivity contribution is 0.0907. The minimum absolute atomic E-state index is 0.0551. The lowest BCUT2D eigenvalue weighted by atomic mass is 10.0. The normalized spacial score (nSPS) is 12.6. The Labute approximate surface area is 108 Å². The Kier molecular flexibility index (Phi) is 5.22. The van der Waals surface area contributed by atoms with Gasteiger partial charge in [0, 0.05) is 0 Å². The van der Waals surface area contributed by atoms with Crippen molar-refractivity contribution >= 4 is 5.91 Å². The molecule has 100 valence electrons. The highest BCUT2D eigenvalue weighted by molar-refractivity contribution is 5.95. The fraction of sp³-hybridized carbons (Fsp3) is 0.615. The Balaban J connectivity index is 2.77. The SMILES string of the molecule is Cc1cc(C(=O)NC(CO)CC(C)C)c(C)nn1. The number of aliphatic hydroxyl groups excluding tert-OH is 1. The molecule has 18 heavy (non-hydrogen) atoms. The summed E-state index contributed by atoms with van der Waals surface area (Å²) in [7, 11) is 0. The van der Waals surface area contributed by atoms with Gasteiger partial charge in [0.25, 0.3) is 5.91 Å². The molecule has 0 fully saturated rings. The summed E-state index contributed by atoms with van der Waals surface area (Å²) in [5, 5.41) is 19.9. The average molecular weight is 251 g/mol. The van der Waals surface area contributed by atoms with Gasteiger partial charge < -0.3 is 10.4 Å². The monoisotopic (exact) mass is 251 g/mol. The molecule has 5 heteroatoms. The minimum Gasteiger partial charge on any atom is -0.394 e. The predicted molar refractivity (Wildman–Crippen MR) is 69.3 cm³/mol. The van der Waals surface area contributed by atoms with Crippen LogP contribution in [0.2, 0.25) is 0 Å². The maximum absolute atomic E-state index is 12.1. The van der Waals surface area contributed by atoms with Gasteiger partial charge in [0.1, 0.15) is 0 Å². The Hall–Kier alpha value is -1.49. The smallest absolute Gasteiger partial charge is 0.253 e. The van der Waals surface area contributed by atoms with Crippen LogP contribution in [0, 0.1) is 19.8 Å². The van der Waals surface area contributed by atoms with Crippen molar-refractivity contribution in [2.24, 2.45) is 5.92 Å². The number of amides is 1. The molecule has 1 rings (SSSR count). The van der Waals surface area contributed by atoms with E-state index in [0.29, 0.717) is 22.9 Å².